The minimum Gasteiger partial charge on any atom is -0.398 e. The van der Waals surface area contributed by atoms with Gasteiger partial charge < -0.3 is 11.1 Å². The van der Waals surface area contributed by atoms with Gasteiger partial charge in [0.05, 0.1) is 5.69 Å². The first-order valence-electron chi connectivity index (χ1n) is 8.92. The van der Waals surface area contributed by atoms with Crippen molar-refractivity contribution in [2.45, 2.75) is 19.8 Å². The molecule has 3 N–H and O–H groups in total. The van der Waals surface area contributed by atoms with Gasteiger partial charge in [-0.1, -0.05) is 13.8 Å². The zero-order valence-electron chi connectivity index (χ0n) is 16.6. The molecule has 29 heavy (non-hydrogen) atoms. The van der Waals surface area contributed by atoms with E-state index >= 15 is 0 Å². The van der Waals surface area contributed by atoms with E-state index in [4.69, 9.17) is 11.1 Å². The van der Waals surface area contributed by atoms with Gasteiger partial charge in [-0.25, -0.2) is 18.0 Å². The lowest BCUT2D eigenvalue weighted by atomic mass is 9.91. The molecule has 5 nitrogen and oxygen atoms in total. The molecule has 1 aromatic heterocycles. The lowest BCUT2D eigenvalue weighted by Crippen LogP contribution is -2.03. The average molecular weight is 419 g/mol. The maximum Gasteiger partial charge on any atom is 0.169 e. The molecule has 2 aromatic carbocycles. The Morgan fingerprint density at radius 3 is 2.45 bits per heavy atom. The summed E-state index contributed by atoms with van der Waals surface area (Å²) in [6.45, 7) is 3.79. The quantitative estimate of drug-likeness (QED) is 0.433. The fourth-order valence-corrected chi connectivity index (χ4v) is 3.74. The largest absolute Gasteiger partial charge is 0.398 e. The maximum absolute atomic E-state index is 14.7. The second-order valence-corrected chi connectivity index (χ2v) is 9.96. The van der Waals surface area contributed by atoms with Crippen LogP contribution in [0.15, 0.2) is 34.7 Å². The summed E-state index contributed by atoms with van der Waals surface area (Å²) in [6, 6.07) is 6.64. The number of nitrogen functional groups attached to an aromatic ring is 1. The Hall–Kier alpha value is -2.87. The number of pyridine rings is 1. The van der Waals surface area contributed by atoms with E-state index in [2.05, 4.69) is 9.35 Å². The molecule has 0 radical (unpaired) electrons. The number of nitrogens with two attached hydrogens (primary N) is 1. The molecule has 0 saturated heterocycles. The van der Waals surface area contributed by atoms with Crippen molar-refractivity contribution in [1.82, 2.24) is 4.98 Å². The first-order valence-corrected chi connectivity index (χ1v) is 11.2. The number of benzene rings is 2. The molecule has 0 spiro atoms. The number of rotatable bonds is 4. The Bertz CT molecular complexity index is 1260. The van der Waals surface area contributed by atoms with E-state index in [9.17, 15) is 13.0 Å². The Labute approximate surface area is 170 Å². The summed E-state index contributed by atoms with van der Waals surface area (Å²) >= 11 is 0. The van der Waals surface area contributed by atoms with Gasteiger partial charge in [0.1, 0.15) is 11.6 Å². The van der Waals surface area contributed by atoms with E-state index in [0.29, 0.717) is 33.3 Å². The topological polar surface area (TPSA) is 92.2 Å². The van der Waals surface area contributed by atoms with Crippen molar-refractivity contribution in [2.24, 2.45) is 4.36 Å². The highest BCUT2D eigenvalue weighted by atomic mass is 32.2. The molecular formula is C21H24F2N4OS. The zero-order chi connectivity index (χ0) is 21.5. The average Bonchev–Trinajstić information content (AvgIpc) is 2.60. The molecule has 3 rings (SSSR count). The van der Waals surface area contributed by atoms with Gasteiger partial charge in [-0.2, -0.15) is 4.36 Å². The summed E-state index contributed by atoms with van der Waals surface area (Å²) in [5.74, 6) is -1.28. The number of nitrogens with zero attached hydrogens (tertiary/aromatic N) is 2. The number of anilines is 1. The van der Waals surface area contributed by atoms with Crippen LogP contribution in [-0.4, -0.2) is 27.9 Å². The number of hydrogen-bond donors (Lipinski definition) is 2. The molecule has 0 unspecified atom stereocenters. The highest BCUT2D eigenvalue weighted by Gasteiger charge is 2.21. The van der Waals surface area contributed by atoms with Gasteiger partial charge in [-0.15, -0.1) is 0 Å². The fourth-order valence-electron chi connectivity index (χ4n) is 3.19. The minimum absolute atomic E-state index is 0. The molecule has 0 saturated carbocycles. The van der Waals surface area contributed by atoms with E-state index in [1.165, 1.54) is 24.6 Å². The molecule has 0 atom stereocenters. The normalized spacial score (nSPS) is 11.8. The van der Waals surface area contributed by atoms with Gasteiger partial charge in [0.25, 0.3) is 0 Å². The third-order valence-electron chi connectivity index (χ3n) is 4.43. The maximum atomic E-state index is 14.7. The Morgan fingerprint density at radius 2 is 1.90 bits per heavy atom. The Morgan fingerprint density at radius 1 is 1.21 bits per heavy atom. The lowest BCUT2D eigenvalue weighted by molar-refractivity contribution is 0.585. The molecule has 8 heteroatoms. The molecule has 0 aliphatic heterocycles. The SMILES string of the molecule is CC(C)c1nc(N=S(C)(C)=O)c2cc(N)c(C=N)cc2c1-c1ccc(F)cc1F.[HH]. The molecule has 0 amide bonds. The first kappa shape index (κ1) is 20.9. The van der Waals surface area contributed by atoms with Crippen LogP contribution in [0.2, 0.25) is 0 Å². The summed E-state index contributed by atoms with van der Waals surface area (Å²) in [4.78, 5) is 4.60. The van der Waals surface area contributed by atoms with Crippen molar-refractivity contribution in [3.8, 4) is 11.1 Å². The molecular weight excluding hydrogens is 394 g/mol. The van der Waals surface area contributed by atoms with Crippen molar-refractivity contribution >= 4 is 38.2 Å². The van der Waals surface area contributed by atoms with Crippen molar-refractivity contribution in [3.05, 3.63) is 53.2 Å². The van der Waals surface area contributed by atoms with Crippen LogP contribution >= 0.6 is 0 Å². The van der Waals surface area contributed by atoms with E-state index in [0.717, 1.165) is 12.3 Å². The lowest BCUT2D eigenvalue weighted by Gasteiger charge is -2.18. The van der Waals surface area contributed by atoms with Crippen LogP contribution in [0.1, 0.15) is 32.4 Å². The van der Waals surface area contributed by atoms with Gasteiger partial charge in [-0.05, 0) is 35.6 Å². The summed E-state index contributed by atoms with van der Waals surface area (Å²) in [5.41, 5.74) is 8.02. The Kier molecular flexibility index (Phi) is 5.40. The second-order valence-electron chi connectivity index (χ2n) is 7.42. The molecule has 0 fully saturated rings. The Balaban J connectivity index is 0.00000320. The molecule has 1 heterocycles. The van der Waals surface area contributed by atoms with Crippen molar-refractivity contribution in [2.75, 3.05) is 18.2 Å². The zero-order valence-corrected chi connectivity index (χ0v) is 17.4. The monoisotopic (exact) mass is 418 g/mol. The molecule has 154 valence electrons. The van der Waals surface area contributed by atoms with Gasteiger partial charge in [0.15, 0.2) is 5.82 Å². The van der Waals surface area contributed by atoms with Crippen LogP contribution < -0.4 is 5.73 Å². The van der Waals surface area contributed by atoms with E-state index in [-0.39, 0.29) is 18.7 Å². The number of hydrogen-bond acceptors (Lipinski definition) is 5. The van der Waals surface area contributed by atoms with Crippen LogP contribution in [0.5, 0.6) is 0 Å². The van der Waals surface area contributed by atoms with E-state index in [1.807, 2.05) is 13.8 Å². The van der Waals surface area contributed by atoms with Crippen molar-refractivity contribution in [1.29, 1.82) is 5.41 Å². The minimum atomic E-state index is -2.53. The fraction of sp³-hybridized carbons (Fsp3) is 0.238. The first-order chi connectivity index (χ1) is 13.5. The van der Waals surface area contributed by atoms with Gasteiger partial charge in [0, 0.05) is 63.7 Å². The third-order valence-corrected chi connectivity index (χ3v) is 5.04. The van der Waals surface area contributed by atoms with Gasteiger partial charge in [-0.3, -0.25) is 0 Å². The van der Waals surface area contributed by atoms with Crippen molar-refractivity contribution < 1.29 is 14.4 Å². The summed E-state index contributed by atoms with van der Waals surface area (Å²) in [6.07, 6.45) is 4.10. The smallest absolute Gasteiger partial charge is 0.169 e. The van der Waals surface area contributed by atoms with Crippen LogP contribution in [0.25, 0.3) is 21.9 Å². The molecule has 0 aliphatic carbocycles. The second kappa shape index (κ2) is 7.51. The summed E-state index contributed by atoms with van der Waals surface area (Å²) in [7, 11) is -2.53. The van der Waals surface area contributed by atoms with E-state index < -0.39 is 21.4 Å². The van der Waals surface area contributed by atoms with Crippen LogP contribution in [0, 0.1) is 17.0 Å². The molecule has 0 bridgehead atoms. The van der Waals surface area contributed by atoms with Gasteiger partial charge in [0.2, 0.25) is 0 Å². The van der Waals surface area contributed by atoms with Crippen molar-refractivity contribution in [3.63, 3.8) is 0 Å². The number of aromatic nitrogens is 1. The standard InChI is InChI=1S/C21H22F2N4OS.H2/c1-11(2)20-19(14-6-5-13(22)8-17(14)23)15-7-12(10-24)18(25)9-16(15)21(26-20)27-29(3,4)28;/h5-11,24H,25H2,1-4H3;1H. The number of halogens is 2. The number of nitrogens with one attached hydrogen (secondary N) is 1. The van der Waals surface area contributed by atoms with Crippen LogP contribution in [0.4, 0.5) is 20.3 Å². The molecule has 0 aliphatic rings. The van der Waals surface area contributed by atoms with Crippen LogP contribution in [-0.2, 0) is 9.73 Å². The highest BCUT2D eigenvalue weighted by Crippen LogP contribution is 2.41. The predicted molar refractivity (Wildman–Crippen MR) is 118 cm³/mol. The third kappa shape index (κ3) is 4.12. The summed E-state index contributed by atoms with van der Waals surface area (Å²) in [5, 5.41) is 8.68. The highest BCUT2D eigenvalue weighted by molar-refractivity contribution is 7.92. The number of fused-ring (bicyclic) bond motifs is 1. The van der Waals surface area contributed by atoms with Crippen LogP contribution in [0.3, 0.4) is 0 Å². The predicted octanol–water partition coefficient (Wildman–Crippen LogP) is 5.49. The van der Waals surface area contributed by atoms with Gasteiger partial charge >= 0.3 is 0 Å². The van der Waals surface area contributed by atoms with E-state index in [1.54, 1.807) is 12.1 Å². The molecule has 3 aromatic rings. The summed E-state index contributed by atoms with van der Waals surface area (Å²) < 4.78 is 44.9.